The predicted molar refractivity (Wildman–Crippen MR) is 107 cm³/mol. The molecular weight excluding hydrogens is 433 g/mol. The van der Waals surface area contributed by atoms with Crippen LogP contribution in [-0.4, -0.2) is 66.6 Å². The predicted octanol–water partition coefficient (Wildman–Crippen LogP) is 4.42. The van der Waals surface area contributed by atoms with Gasteiger partial charge in [0.1, 0.15) is 0 Å². The van der Waals surface area contributed by atoms with Gasteiger partial charge in [0.25, 0.3) is 16.0 Å². The Hall–Kier alpha value is -1.30. The number of aliphatic hydroxyl groups is 1. The van der Waals surface area contributed by atoms with Gasteiger partial charge in [-0.25, -0.2) is 4.39 Å². The maximum absolute atomic E-state index is 13.6. The van der Waals surface area contributed by atoms with Crippen LogP contribution in [0.25, 0.3) is 0 Å². The molecule has 30 heavy (non-hydrogen) atoms. The minimum atomic E-state index is -5.15. The Balaban J connectivity index is 0. The molecule has 0 amide bonds. The summed E-state index contributed by atoms with van der Waals surface area (Å²) in [6, 6.07) is 6.96. The van der Waals surface area contributed by atoms with Crippen molar-refractivity contribution in [3.8, 4) is 0 Å². The number of hydrogen-bond acceptors (Lipinski definition) is 4. The summed E-state index contributed by atoms with van der Waals surface area (Å²) in [6.45, 7) is 10.9. The molecule has 11 heteroatoms. The van der Waals surface area contributed by atoms with E-state index in [0.29, 0.717) is 6.26 Å². The Bertz CT molecular complexity index is 668. The molecule has 0 aliphatic heterocycles. The number of rotatable bonds is 8. The van der Waals surface area contributed by atoms with Gasteiger partial charge in [0.2, 0.25) is 0 Å². The van der Waals surface area contributed by atoms with Gasteiger partial charge in [0.05, 0.1) is 6.26 Å². The molecule has 1 atom stereocenters. The van der Waals surface area contributed by atoms with Gasteiger partial charge in [-0.1, -0.05) is 58.0 Å². The molecule has 0 heterocycles. The van der Waals surface area contributed by atoms with Crippen molar-refractivity contribution in [3.63, 3.8) is 0 Å². The molecule has 2 N–H and O–H groups in total. The lowest BCUT2D eigenvalue weighted by molar-refractivity contribution is -0.333. The van der Waals surface area contributed by atoms with Crippen molar-refractivity contribution in [3.05, 3.63) is 35.9 Å². The van der Waals surface area contributed by atoms with Crippen LogP contribution in [0.3, 0.4) is 0 Å². The van der Waals surface area contributed by atoms with Crippen molar-refractivity contribution >= 4 is 10.1 Å². The summed E-state index contributed by atoms with van der Waals surface area (Å²) in [5, 5.41) is 9.07. The molecule has 1 aromatic rings. The fourth-order valence-corrected chi connectivity index (χ4v) is 2.15. The minimum absolute atomic E-state index is 0.00841. The maximum Gasteiger partial charge on any atom is 0.367 e. The largest absolute Gasteiger partial charge is 0.367 e. The molecule has 178 valence electrons. The van der Waals surface area contributed by atoms with Gasteiger partial charge >= 0.3 is 11.8 Å². The molecule has 5 nitrogen and oxygen atoms in total. The van der Waals surface area contributed by atoms with E-state index in [-0.39, 0.29) is 5.56 Å². The van der Waals surface area contributed by atoms with E-state index >= 15 is 0 Å². The monoisotopic (exact) mass is 465 g/mol. The zero-order valence-electron chi connectivity index (χ0n) is 17.9. The van der Waals surface area contributed by atoms with Crippen molar-refractivity contribution in [1.29, 1.82) is 0 Å². The normalized spacial score (nSPS) is 14.2. The van der Waals surface area contributed by atoms with Gasteiger partial charge in [-0.05, 0) is 25.2 Å². The molecule has 0 radical (unpaired) electrons. The van der Waals surface area contributed by atoms with Crippen molar-refractivity contribution in [1.82, 2.24) is 4.90 Å². The Morgan fingerprint density at radius 3 is 1.53 bits per heavy atom. The molecule has 0 fully saturated rings. The van der Waals surface area contributed by atoms with Crippen molar-refractivity contribution in [2.24, 2.45) is 0 Å². The van der Waals surface area contributed by atoms with Crippen molar-refractivity contribution in [2.45, 2.75) is 58.2 Å². The summed E-state index contributed by atoms with van der Waals surface area (Å²) in [5.41, 5.74) is 0.00841. The lowest BCUT2D eigenvalue weighted by Gasteiger charge is -2.34. The quantitative estimate of drug-likeness (QED) is 0.439. The third kappa shape index (κ3) is 11.8. The van der Waals surface area contributed by atoms with Crippen LogP contribution in [0, 0.1) is 0 Å². The van der Waals surface area contributed by atoms with Crippen molar-refractivity contribution in [2.75, 3.05) is 25.9 Å². The molecule has 0 bridgehead atoms. The molecule has 1 aromatic carbocycles. The van der Waals surface area contributed by atoms with Crippen LogP contribution in [0.5, 0.6) is 0 Å². The highest BCUT2D eigenvalue weighted by molar-refractivity contribution is 7.85. The van der Waals surface area contributed by atoms with Crippen LogP contribution in [0.2, 0.25) is 0 Å². The van der Waals surface area contributed by atoms with Crippen molar-refractivity contribution < 1.29 is 40.0 Å². The van der Waals surface area contributed by atoms with E-state index < -0.39 is 40.7 Å². The van der Waals surface area contributed by atoms with E-state index in [0.717, 1.165) is 6.92 Å². The second-order valence-electron chi connectivity index (χ2n) is 6.41. The SMILES string of the molecule is CCC(F)(F)C(F)(F)C(O)(F)Cc1ccccc1.CCN(CC)CC.CS(=O)(=O)O. The van der Waals surface area contributed by atoms with Gasteiger partial charge in [0, 0.05) is 12.8 Å². The number of alkyl halides is 5. The van der Waals surface area contributed by atoms with Gasteiger partial charge in [-0.2, -0.15) is 26.0 Å². The first-order valence-electron chi connectivity index (χ1n) is 9.34. The summed E-state index contributed by atoms with van der Waals surface area (Å²) < 4.78 is 92.0. The smallest absolute Gasteiger partial charge is 0.357 e. The lowest BCUT2D eigenvalue weighted by atomic mass is 9.95. The average molecular weight is 466 g/mol. The van der Waals surface area contributed by atoms with Crippen LogP contribution in [0.1, 0.15) is 39.7 Å². The molecule has 0 saturated carbocycles. The molecular formula is C19H32F5NO4S. The van der Waals surface area contributed by atoms with Gasteiger partial charge < -0.3 is 10.0 Å². The summed E-state index contributed by atoms with van der Waals surface area (Å²) in [7, 11) is -3.67. The first-order valence-corrected chi connectivity index (χ1v) is 11.2. The minimum Gasteiger partial charge on any atom is -0.357 e. The molecule has 0 aliphatic carbocycles. The van der Waals surface area contributed by atoms with E-state index in [1.807, 2.05) is 0 Å². The van der Waals surface area contributed by atoms with E-state index in [2.05, 4.69) is 25.7 Å². The van der Waals surface area contributed by atoms with Crippen LogP contribution in [-0.2, 0) is 16.5 Å². The second kappa shape index (κ2) is 13.2. The highest BCUT2D eigenvalue weighted by atomic mass is 32.2. The van der Waals surface area contributed by atoms with E-state index in [1.54, 1.807) is 6.07 Å². The fourth-order valence-electron chi connectivity index (χ4n) is 2.15. The maximum atomic E-state index is 13.6. The van der Waals surface area contributed by atoms with E-state index in [4.69, 9.17) is 9.66 Å². The first-order chi connectivity index (χ1) is 13.5. The summed E-state index contributed by atoms with van der Waals surface area (Å²) in [6.07, 6.45) is -1.75. The Morgan fingerprint density at radius 2 is 1.27 bits per heavy atom. The van der Waals surface area contributed by atoms with Crippen LogP contribution < -0.4 is 0 Å². The Labute approximate surface area is 175 Å². The fraction of sp³-hybridized carbons (Fsp3) is 0.684. The highest BCUT2D eigenvalue weighted by Crippen LogP contribution is 2.46. The van der Waals surface area contributed by atoms with Gasteiger partial charge in [-0.15, -0.1) is 0 Å². The van der Waals surface area contributed by atoms with E-state index in [9.17, 15) is 30.4 Å². The average Bonchev–Trinajstić information content (AvgIpc) is 2.62. The highest BCUT2D eigenvalue weighted by Gasteiger charge is 2.68. The number of nitrogens with zero attached hydrogens (tertiary/aromatic N) is 1. The number of benzene rings is 1. The second-order valence-corrected chi connectivity index (χ2v) is 7.87. The molecule has 0 saturated heterocycles. The van der Waals surface area contributed by atoms with E-state index in [1.165, 1.54) is 43.9 Å². The zero-order chi connectivity index (χ0) is 24.2. The number of hydrogen-bond donors (Lipinski definition) is 2. The standard InChI is InChI=1S/C12H13F5O.C6H15N.CH4O3S/c1-2-10(13,14)12(16,17)11(15,18)8-9-6-4-3-5-7-9;1-4-7(5-2)6-3;1-5(2,3)4/h3-7,18H,2,8H2,1H3;4-6H2,1-3H3;1H3,(H,2,3,4). The molecule has 1 rings (SSSR count). The van der Waals surface area contributed by atoms with Gasteiger partial charge in [0.15, 0.2) is 0 Å². The summed E-state index contributed by atoms with van der Waals surface area (Å²) >= 11 is 0. The molecule has 0 aromatic heterocycles. The zero-order valence-corrected chi connectivity index (χ0v) is 18.7. The van der Waals surface area contributed by atoms with Gasteiger partial charge in [-0.3, -0.25) is 4.55 Å². The molecule has 0 aliphatic rings. The third-order valence-corrected chi connectivity index (χ3v) is 4.01. The Kier molecular flexibility index (Phi) is 13.6. The summed E-state index contributed by atoms with van der Waals surface area (Å²) in [5.74, 6) is -14.1. The number of halogens is 5. The Morgan fingerprint density at radius 1 is 0.900 bits per heavy atom. The topological polar surface area (TPSA) is 77.8 Å². The first kappa shape index (κ1) is 30.9. The lowest BCUT2D eigenvalue weighted by Crippen LogP contribution is -2.57. The van der Waals surface area contributed by atoms with Crippen LogP contribution >= 0.6 is 0 Å². The van der Waals surface area contributed by atoms with Crippen LogP contribution in [0.15, 0.2) is 30.3 Å². The molecule has 0 spiro atoms. The molecule has 1 unspecified atom stereocenters. The van der Waals surface area contributed by atoms with Crippen LogP contribution in [0.4, 0.5) is 22.0 Å². The third-order valence-electron chi connectivity index (χ3n) is 4.01. The summed E-state index contributed by atoms with van der Waals surface area (Å²) in [4.78, 5) is 2.38.